The first-order valence-corrected chi connectivity index (χ1v) is 7.53. The van der Waals surface area contributed by atoms with Crippen molar-refractivity contribution in [3.8, 4) is 0 Å². The number of nitrogens with zero attached hydrogens (tertiary/aromatic N) is 2. The highest BCUT2D eigenvalue weighted by atomic mass is 16.3. The van der Waals surface area contributed by atoms with Crippen LogP contribution in [0.2, 0.25) is 0 Å². The van der Waals surface area contributed by atoms with E-state index in [4.69, 9.17) is 0 Å². The van der Waals surface area contributed by atoms with Gasteiger partial charge in [0.15, 0.2) is 0 Å². The molecule has 1 aromatic rings. The minimum absolute atomic E-state index is 0.0750. The van der Waals surface area contributed by atoms with E-state index in [1.165, 1.54) is 0 Å². The number of rotatable bonds is 9. The molecule has 1 aromatic heterocycles. The van der Waals surface area contributed by atoms with Gasteiger partial charge >= 0.3 is 0 Å². The minimum Gasteiger partial charge on any atom is -0.396 e. The zero-order valence-electron chi connectivity index (χ0n) is 13.2. The first-order chi connectivity index (χ1) is 9.60. The standard InChI is InChI=1S/C15H28N4O/c1-5-8-16-14-17-9-12(4)13(19-14)18-10-15(6-2,7-3)11-20/h9,20H,5-8,10-11H2,1-4H3,(H2,16,17,18,19). The van der Waals surface area contributed by atoms with Crippen LogP contribution in [0.1, 0.15) is 45.6 Å². The fourth-order valence-corrected chi connectivity index (χ4v) is 1.99. The maximum atomic E-state index is 9.61. The number of anilines is 2. The molecule has 0 atom stereocenters. The number of hydrogen-bond donors (Lipinski definition) is 3. The molecule has 5 heteroatoms. The molecule has 0 saturated heterocycles. The van der Waals surface area contributed by atoms with Crippen molar-refractivity contribution in [1.82, 2.24) is 9.97 Å². The van der Waals surface area contributed by atoms with Gasteiger partial charge in [-0.1, -0.05) is 20.8 Å². The van der Waals surface area contributed by atoms with Gasteiger partial charge in [-0.25, -0.2) is 4.98 Å². The van der Waals surface area contributed by atoms with Crippen molar-refractivity contribution in [1.29, 1.82) is 0 Å². The van der Waals surface area contributed by atoms with Crippen LogP contribution in [0.15, 0.2) is 6.20 Å². The van der Waals surface area contributed by atoms with Gasteiger partial charge in [-0.2, -0.15) is 4.98 Å². The number of hydrogen-bond acceptors (Lipinski definition) is 5. The molecule has 3 N–H and O–H groups in total. The molecule has 0 aliphatic rings. The predicted octanol–water partition coefficient (Wildman–Crippen LogP) is 2.82. The van der Waals surface area contributed by atoms with Crippen molar-refractivity contribution in [3.63, 3.8) is 0 Å². The summed E-state index contributed by atoms with van der Waals surface area (Å²) in [7, 11) is 0. The van der Waals surface area contributed by atoms with E-state index in [0.29, 0.717) is 5.95 Å². The van der Waals surface area contributed by atoms with Crippen molar-refractivity contribution in [3.05, 3.63) is 11.8 Å². The van der Waals surface area contributed by atoms with Crippen LogP contribution >= 0.6 is 0 Å². The summed E-state index contributed by atoms with van der Waals surface area (Å²) in [5.41, 5.74) is 0.945. The number of aliphatic hydroxyl groups excluding tert-OH is 1. The maximum absolute atomic E-state index is 9.61. The Morgan fingerprint density at radius 1 is 1.20 bits per heavy atom. The largest absolute Gasteiger partial charge is 0.396 e. The Balaban J connectivity index is 2.75. The third-order valence-electron chi connectivity index (χ3n) is 3.97. The van der Waals surface area contributed by atoms with Crippen molar-refractivity contribution >= 4 is 11.8 Å². The lowest BCUT2D eigenvalue weighted by Gasteiger charge is -2.30. The highest BCUT2D eigenvalue weighted by Crippen LogP contribution is 2.26. The van der Waals surface area contributed by atoms with Gasteiger partial charge in [-0.3, -0.25) is 0 Å². The van der Waals surface area contributed by atoms with Gasteiger partial charge in [0.1, 0.15) is 5.82 Å². The lowest BCUT2D eigenvalue weighted by atomic mass is 9.83. The summed E-state index contributed by atoms with van der Waals surface area (Å²) < 4.78 is 0. The second-order valence-corrected chi connectivity index (χ2v) is 5.37. The molecular formula is C15H28N4O. The molecule has 0 unspecified atom stereocenters. The number of nitrogens with one attached hydrogen (secondary N) is 2. The maximum Gasteiger partial charge on any atom is 0.224 e. The van der Waals surface area contributed by atoms with E-state index in [0.717, 1.165) is 43.7 Å². The summed E-state index contributed by atoms with van der Waals surface area (Å²) >= 11 is 0. The minimum atomic E-state index is -0.0750. The van der Waals surface area contributed by atoms with Crippen molar-refractivity contribution in [2.75, 3.05) is 30.3 Å². The van der Waals surface area contributed by atoms with Crippen LogP contribution in [0.3, 0.4) is 0 Å². The quantitative estimate of drug-likeness (QED) is 0.649. The van der Waals surface area contributed by atoms with Crippen LogP contribution in [0.25, 0.3) is 0 Å². The third-order valence-corrected chi connectivity index (χ3v) is 3.97. The van der Waals surface area contributed by atoms with Gasteiger partial charge in [0, 0.05) is 30.3 Å². The number of aromatic nitrogens is 2. The summed E-state index contributed by atoms with van der Waals surface area (Å²) in [6, 6.07) is 0. The van der Waals surface area contributed by atoms with Gasteiger partial charge < -0.3 is 15.7 Å². The molecule has 1 rings (SSSR count). The lowest BCUT2D eigenvalue weighted by Crippen LogP contribution is -2.32. The Morgan fingerprint density at radius 2 is 1.90 bits per heavy atom. The third kappa shape index (κ3) is 4.34. The molecule has 0 fully saturated rings. The Labute approximate surface area is 122 Å². The van der Waals surface area contributed by atoms with Crippen LogP contribution in [-0.2, 0) is 0 Å². The molecule has 0 amide bonds. The van der Waals surface area contributed by atoms with E-state index in [1.807, 2.05) is 13.1 Å². The van der Waals surface area contributed by atoms with E-state index in [-0.39, 0.29) is 12.0 Å². The van der Waals surface area contributed by atoms with Gasteiger partial charge in [0.05, 0.1) is 6.61 Å². The van der Waals surface area contributed by atoms with Crippen LogP contribution in [0.5, 0.6) is 0 Å². The smallest absolute Gasteiger partial charge is 0.224 e. The first-order valence-electron chi connectivity index (χ1n) is 7.53. The Morgan fingerprint density at radius 3 is 2.45 bits per heavy atom. The summed E-state index contributed by atoms with van der Waals surface area (Å²) in [4.78, 5) is 8.77. The van der Waals surface area contributed by atoms with Crippen molar-refractivity contribution < 1.29 is 5.11 Å². The number of aliphatic hydroxyl groups is 1. The molecule has 0 aliphatic carbocycles. The van der Waals surface area contributed by atoms with Crippen LogP contribution in [0.4, 0.5) is 11.8 Å². The fraction of sp³-hybridized carbons (Fsp3) is 0.733. The Kier molecular flexibility index (Phi) is 6.71. The summed E-state index contributed by atoms with van der Waals surface area (Å²) in [6.45, 7) is 10.1. The number of aryl methyl sites for hydroxylation is 1. The molecule has 114 valence electrons. The van der Waals surface area contributed by atoms with Gasteiger partial charge in [-0.05, 0) is 26.2 Å². The second-order valence-electron chi connectivity index (χ2n) is 5.37. The average molecular weight is 280 g/mol. The van der Waals surface area contributed by atoms with Crippen LogP contribution < -0.4 is 10.6 Å². The normalized spacial score (nSPS) is 11.4. The topological polar surface area (TPSA) is 70.1 Å². The predicted molar refractivity (Wildman–Crippen MR) is 84.1 cm³/mol. The van der Waals surface area contributed by atoms with Gasteiger partial charge in [0.2, 0.25) is 5.95 Å². The SMILES string of the molecule is CCCNc1ncc(C)c(NCC(CC)(CC)CO)n1. The zero-order valence-corrected chi connectivity index (χ0v) is 13.2. The molecule has 0 aromatic carbocycles. The Bertz CT molecular complexity index is 397. The second kappa shape index (κ2) is 8.04. The van der Waals surface area contributed by atoms with E-state index in [2.05, 4.69) is 41.4 Å². The fourth-order valence-electron chi connectivity index (χ4n) is 1.99. The van der Waals surface area contributed by atoms with Crippen molar-refractivity contribution in [2.45, 2.75) is 47.0 Å². The first kappa shape index (κ1) is 16.7. The summed E-state index contributed by atoms with van der Waals surface area (Å²) in [5.74, 6) is 1.50. The molecule has 0 bridgehead atoms. The van der Waals surface area contributed by atoms with E-state index in [9.17, 15) is 5.11 Å². The molecule has 0 radical (unpaired) electrons. The van der Waals surface area contributed by atoms with E-state index < -0.39 is 0 Å². The van der Waals surface area contributed by atoms with E-state index >= 15 is 0 Å². The molecule has 1 heterocycles. The van der Waals surface area contributed by atoms with E-state index in [1.54, 1.807) is 0 Å². The van der Waals surface area contributed by atoms with Gasteiger partial charge in [-0.15, -0.1) is 0 Å². The highest BCUT2D eigenvalue weighted by molar-refractivity contribution is 5.46. The molecule has 0 spiro atoms. The lowest BCUT2D eigenvalue weighted by molar-refractivity contribution is 0.127. The van der Waals surface area contributed by atoms with Gasteiger partial charge in [0.25, 0.3) is 0 Å². The highest BCUT2D eigenvalue weighted by Gasteiger charge is 2.25. The van der Waals surface area contributed by atoms with Crippen molar-refractivity contribution in [2.24, 2.45) is 5.41 Å². The average Bonchev–Trinajstić information content (AvgIpc) is 2.49. The molecular weight excluding hydrogens is 252 g/mol. The molecule has 0 aliphatic heterocycles. The monoisotopic (exact) mass is 280 g/mol. The molecule has 0 saturated carbocycles. The zero-order chi connectivity index (χ0) is 15.0. The molecule has 20 heavy (non-hydrogen) atoms. The summed E-state index contributed by atoms with van der Waals surface area (Å²) in [6.07, 6.45) is 4.75. The Hall–Kier alpha value is -1.36. The summed E-state index contributed by atoms with van der Waals surface area (Å²) in [5, 5.41) is 16.2. The van der Waals surface area contributed by atoms with Crippen LogP contribution in [0, 0.1) is 12.3 Å². The van der Waals surface area contributed by atoms with Crippen LogP contribution in [-0.4, -0.2) is 34.8 Å². The molecule has 5 nitrogen and oxygen atoms in total.